The Balaban J connectivity index is 1.45. The fraction of sp³-hybridized carbons (Fsp3) is 0.769. The minimum Gasteiger partial charge on any atom is -0.480 e. The Labute approximate surface area is 243 Å². The highest BCUT2D eigenvalue weighted by Gasteiger charge is 2.42. The number of aliphatic carboxylic acids is 3. The van der Waals surface area contributed by atoms with Crippen molar-refractivity contribution in [2.24, 2.45) is 0 Å². The molecule has 0 spiro atoms. The molecule has 2 saturated heterocycles. The minimum absolute atomic E-state index is 0.0229. The number of nitrogens with one attached hydrogen (secondary N) is 4. The molecule has 0 aromatic heterocycles. The number of carbonyl (C=O) groups is 6. The van der Waals surface area contributed by atoms with Crippen LogP contribution in [0.2, 0.25) is 0 Å². The molecule has 2 aliphatic heterocycles. The maximum absolute atomic E-state index is 12.1. The van der Waals surface area contributed by atoms with Gasteiger partial charge < -0.3 is 36.6 Å². The zero-order valence-corrected chi connectivity index (χ0v) is 24.1. The molecule has 0 aliphatic carbocycles. The summed E-state index contributed by atoms with van der Waals surface area (Å²) in [6, 6.07) is -0.920. The average Bonchev–Trinajstić information content (AvgIpc) is 3.44. The van der Waals surface area contributed by atoms with Crippen LogP contribution in [0.4, 0.5) is 4.79 Å². The Morgan fingerprint density at radius 1 is 0.829 bits per heavy atom. The zero-order chi connectivity index (χ0) is 30.2. The number of carbonyl (C=O) groups excluding carboxylic acids is 3. The first-order valence-corrected chi connectivity index (χ1v) is 15.2. The van der Waals surface area contributed by atoms with Crippen molar-refractivity contribution in [1.82, 2.24) is 26.2 Å². The van der Waals surface area contributed by atoms with E-state index in [2.05, 4.69) is 21.3 Å². The first kappa shape index (κ1) is 34.1. The Kier molecular flexibility index (Phi) is 15.3. The molecule has 15 heteroatoms. The van der Waals surface area contributed by atoms with E-state index < -0.39 is 37.0 Å². The van der Waals surface area contributed by atoms with Crippen molar-refractivity contribution >= 4 is 47.5 Å². The van der Waals surface area contributed by atoms with Gasteiger partial charge in [-0.2, -0.15) is 11.8 Å². The second-order valence-corrected chi connectivity index (χ2v) is 11.7. The van der Waals surface area contributed by atoms with Crippen molar-refractivity contribution in [1.29, 1.82) is 0 Å². The van der Waals surface area contributed by atoms with Gasteiger partial charge in [-0.25, -0.2) is 4.79 Å². The summed E-state index contributed by atoms with van der Waals surface area (Å²) in [4.78, 5) is 69.8. The van der Waals surface area contributed by atoms with Crippen LogP contribution in [0.3, 0.4) is 0 Å². The molecule has 7 N–H and O–H groups in total. The minimum atomic E-state index is -1.31. The maximum atomic E-state index is 12.1. The fourth-order valence-electron chi connectivity index (χ4n) is 5.04. The Bertz CT molecular complexity index is 906. The van der Waals surface area contributed by atoms with Crippen LogP contribution in [0.5, 0.6) is 0 Å². The number of hydrogen-bond acceptors (Lipinski definition) is 8. The SMILES string of the molecule is O=C(O)CN(CC(=O)O)[C@@H](CCCCNC(=O)CCCCCNC(=O)CCCC[C@@H]1SC[C@@H]2NC(=O)N[C@@H]21)C(=O)O. The summed E-state index contributed by atoms with van der Waals surface area (Å²) in [6.07, 6.45) is 6.69. The molecule has 232 valence electrons. The van der Waals surface area contributed by atoms with Gasteiger partial charge >= 0.3 is 23.9 Å². The van der Waals surface area contributed by atoms with Crippen LogP contribution in [0, 0.1) is 0 Å². The number of unbranched alkanes of at least 4 members (excludes halogenated alkanes) is 4. The zero-order valence-electron chi connectivity index (χ0n) is 23.3. The smallest absolute Gasteiger partial charge is 0.320 e. The highest BCUT2D eigenvalue weighted by molar-refractivity contribution is 8.00. The summed E-state index contributed by atoms with van der Waals surface area (Å²) in [7, 11) is 0. The summed E-state index contributed by atoms with van der Waals surface area (Å²) >= 11 is 1.87. The van der Waals surface area contributed by atoms with Crippen LogP contribution in [0.1, 0.15) is 70.6 Å². The van der Waals surface area contributed by atoms with Crippen molar-refractivity contribution in [3.8, 4) is 0 Å². The van der Waals surface area contributed by atoms with Gasteiger partial charge in [-0.3, -0.25) is 28.9 Å². The van der Waals surface area contributed by atoms with E-state index in [-0.39, 0.29) is 36.3 Å². The van der Waals surface area contributed by atoms with E-state index in [1.165, 1.54) is 0 Å². The lowest BCUT2D eigenvalue weighted by molar-refractivity contribution is -0.149. The van der Waals surface area contributed by atoms with Gasteiger partial charge in [-0.15, -0.1) is 0 Å². The molecular formula is C26H43N5O9S. The molecule has 2 fully saturated rings. The molecule has 41 heavy (non-hydrogen) atoms. The topological polar surface area (TPSA) is 214 Å². The summed E-state index contributed by atoms with van der Waals surface area (Å²) in [5.41, 5.74) is 0. The number of hydrogen-bond donors (Lipinski definition) is 7. The third-order valence-electron chi connectivity index (χ3n) is 7.11. The second-order valence-electron chi connectivity index (χ2n) is 10.4. The Morgan fingerprint density at radius 2 is 1.41 bits per heavy atom. The number of carboxylic acids is 3. The second kappa shape index (κ2) is 18.4. The molecule has 14 nitrogen and oxygen atoms in total. The molecule has 0 radical (unpaired) electrons. The highest BCUT2D eigenvalue weighted by atomic mass is 32.2. The lowest BCUT2D eigenvalue weighted by Crippen LogP contribution is -2.46. The number of carboxylic acid groups (broad SMARTS) is 3. The van der Waals surface area contributed by atoms with E-state index in [9.17, 15) is 33.9 Å². The van der Waals surface area contributed by atoms with Crippen LogP contribution in [-0.2, 0) is 24.0 Å². The van der Waals surface area contributed by atoms with E-state index in [1.54, 1.807) is 0 Å². The van der Waals surface area contributed by atoms with Gasteiger partial charge in [0.05, 0.1) is 25.2 Å². The van der Waals surface area contributed by atoms with Crippen LogP contribution >= 0.6 is 11.8 Å². The molecule has 0 bridgehead atoms. The molecule has 0 saturated carbocycles. The lowest BCUT2D eigenvalue weighted by Gasteiger charge is -2.25. The van der Waals surface area contributed by atoms with Crippen LogP contribution in [0.15, 0.2) is 0 Å². The average molecular weight is 602 g/mol. The number of rotatable bonds is 22. The van der Waals surface area contributed by atoms with Crippen LogP contribution in [0.25, 0.3) is 0 Å². The largest absolute Gasteiger partial charge is 0.480 e. The van der Waals surface area contributed by atoms with Gasteiger partial charge in [0.1, 0.15) is 6.04 Å². The number of urea groups is 1. The van der Waals surface area contributed by atoms with Crippen molar-refractivity contribution in [3.63, 3.8) is 0 Å². The number of thioether (sulfide) groups is 1. The summed E-state index contributed by atoms with van der Waals surface area (Å²) in [6.45, 7) is -0.479. The number of nitrogens with zero attached hydrogens (tertiary/aromatic N) is 1. The fourth-order valence-corrected chi connectivity index (χ4v) is 6.59. The van der Waals surface area contributed by atoms with Gasteiger partial charge in [-0.05, 0) is 44.9 Å². The van der Waals surface area contributed by atoms with Crippen molar-refractivity contribution < 1.29 is 44.1 Å². The standard InChI is InChI=1S/C26H43N5O9S/c32-20(28-13-7-5-8-18(25(38)39)31(14-22(34)35)15-23(36)37)10-2-1-6-12-27-21(33)11-4-3-9-19-24-17(16-41-19)29-26(40)30-24/h17-19,24H,1-16H2,(H,27,33)(H,28,32)(H,34,35)(H,36,37)(H,38,39)(H2,29,30,40)/t17-,18-,19-,24-/m0/s1. The molecule has 0 unspecified atom stereocenters. The van der Waals surface area contributed by atoms with Crippen molar-refractivity contribution in [3.05, 3.63) is 0 Å². The third-order valence-corrected chi connectivity index (χ3v) is 8.62. The van der Waals surface area contributed by atoms with Crippen molar-refractivity contribution in [2.45, 2.75) is 94.0 Å². The monoisotopic (exact) mass is 601 g/mol. The molecule has 0 aromatic carbocycles. The van der Waals surface area contributed by atoms with Gasteiger partial charge in [0.15, 0.2) is 0 Å². The first-order chi connectivity index (χ1) is 19.6. The van der Waals surface area contributed by atoms with Crippen LogP contribution in [-0.4, -0.2) is 111 Å². The van der Waals surface area contributed by atoms with Crippen molar-refractivity contribution in [2.75, 3.05) is 31.9 Å². The highest BCUT2D eigenvalue weighted by Crippen LogP contribution is 2.33. The lowest BCUT2D eigenvalue weighted by atomic mass is 10.0. The summed E-state index contributed by atoms with van der Waals surface area (Å²) < 4.78 is 0. The molecule has 4 atom stereocenters. The third kappa shape index (κ3) is 13.4. The van der Waals surface area contributed by atoms with E-state index in [0.29, 0.717) is 50.4 Å². The molecule has 2 aliphatic rings. The van der Waals surface area contributed by atoms with Gasteiger partial charge in [-0.1, -0.05) is 12.8 Å². The predicted molar refractivity (Wildman–Crippen MR) is 151 cm³/mol. The maximum Gasteiger partial charge on any atom is 0.320 e. The van der Waals surface area contributed by atoms with Gasteiger partial charge in [0, 0.05) is 36.9 Å². The van der Waals surface area contributed by atoms with E-state index in [1.807, 2.05) is 11.8 Å². The Morgan fingerprint density at radius 3 is 2.00 bits per heavy atom. The van der Waals surface area contributed by atoms with Gasteiger partial charge in [0.25, 0.3) is 0 Å². The van der Waals surface area contributed by atoms with E-state index in [0.717, 1.165) is 42.8 Å². The quantitative estimate of drug-likeness (QED) is 0.0674. The predicted octanol–water partition coefficient (Wildman–Crippen LogP) is 0.600. The molecular weight excluding hydrogens is 558 g/mol. The number of fused-ring (bicyclic) bond motifs is 1. The van der Waals surface area contributed by atoms with Crippen LogP contribution < -0.4 is 21.3 Å². The summed E-state index contributed by atoms with van der Waals surface area (Å²) in [5, 5.41) is 39.2. The molecule has 4 amide bonds. The van der Waals surface area contributed by atoms with Gasteiger partial charge in [0.2, 0.25) is 11.8 Å². The number of amides is 4. The first-order valence-electron chi connectivity index (χ1n) is 14.2. The summed E-state index contributed by atoms with van der Waals surface area (Å²) in [5.74, 6) is -3.08. The Hall–Kier alpha value is -3.07. The molecule has 2 rings (SSSR count). The van der Waals surface area contributed by atoms with E-state index >= 15 is 0 Å². The van der Waals surface area contributed by atoms with E-state index in [4.69, 9.17) is 10.2 Å². The molecule has 2 heterocycles. The molecule has 0 aromatic rings. The normalized spacial score (nSPS) is 20.1.